The molecule has 0 saturated heterocycles. The highest BCUT2D eigenvalue weighted by Crippen LogP contribution is 2.61. The van der Waals surface area contributed by atoms with E-state index in [0.29, 0.717) is 0 Å². The van der Waals surface area contributed by atoms with Crippen LogP contribution >= 0.6 is 11.3 Å². The van der Waals surface area contributed by atoms with E-state index in [1.165, 1.54) is 98.1 Å². The molecule has 2 aliphatic carbocycles. The third-order valence-electron chi connectivity index (χ3n) is 14.5. The van der Waals surface area contributed by atoms with Crippen LogP contribution < -0.4 is 4.90 Å². The Morgan fingerprint density at radius 3 is 1.55 bits per heavy atom. The van der Waals surface area contributed by atoms with Crippen molar-refractivity contribution < 1.29 is 0 Å². The van der Waals surface area contributed by atoms with Gasteiger partial charge in [0.05, 0.1) is 5.41 Å². The SMILES string of the molecule is CC1(C)c2ccccc2-c2ccc(N(c3ccc(-c4ccccc4)cc3)c3ccc4c(c3)sc3cc5c(c(-c6ccccc6)c34)-c3ccccc3C5(c3ccccc3)c3ccccc3)cc21. The average molecular weight is 860 g/mol. The number of thiophene rings is 1. The van der Waals surface area contributed by atoms with Crippen LogP contribution in [0.2, 0.25) is 0 Å². The highest BCUT2D eigenvalue weighted by atomic mass is 32.1. The summed E-state index contributed by atoms with van der Waals surface area (Å²) in [6.45, 7) is 4.74. The van der Waals surface area contributed by atoms with E-state index < -0.39 is 5.41 Å². The summed E-state index contributed by atoms with van der Waals surface area (Å²) in [5.41, 5.74) is 21.0. The van der Waals surface area contributed by atoms with Gasteiger partial charge in [0, 0.05) is 42.6 Å². The molecule has 0 bridgehead atoms. The van der Waals surface area contributed by atoms with E-state index in [1.54, 1.807) is 0 Å². The molecule has 0 unspecified atom stereocenters. The molecule has 0 saturated carbocycles. The van der Waals surface area contributed by atoms with Crippen LogP contribution in [-0.4, -0.2) is 0 Å². The summed E-state index contributed by atoms with van der Waals surface area (Å²) < 4.78 is 2.56. The van der Waals surface area contributed by atoms with Gasteiger partial charge in [0.25, 0.3) is 0 Å². The molecule has 1 heterocycles. The Kier molecular flexibility index (Phi) is 8.72. The topological polar surface area (TPSA) is 3.24 Å². The second-order valence-corrected chi connectivity index (χ2v) is 19.5. The fourth-order valence-corrected chi connectivity index (χ4v) is 12.8. The molecule has 312 valence electrons. The fourth-order valence-electron chi connectivity index (χ4n) is 11.6. The van der Waals surface area contributed by atoms with E-state index in [2.05, 4.69) is 255 Å². The molecule has 0 fully saturated rings. The lowest BCUT2D eigenvalue weighted by atomic mass is 9.67. The molecule has 66 heavy (non-hydrogen) atoms. The molecular formula is C64H45NS. The second-order valence-electron chi connectivity index (χ2n) is 18.4. The van der Waals surface area contributed by atoms with Crippen LogP contribution in [0.15, 0.2) is 237 Å². The molecular weight excluding hydrogens is 815 g/mol. The number of hydrogen-bond acceptors (Lipinski definition) is 2. The predicted octanol–water partition coefficient (Wildman–Crippen LogP) is 17.5. The number of hydrogen-bond donors (Lipinski definition) is 0. The largest absolute Gasteiger partial charge is 0.310 e. The molecule has 1 nitrogen and oxygen atoms in total. The zero-order valence-electron chi connectivity index (χ0n) is 36.9. The van der Waals surface area contributed by atoms with Crippen molar-refractivity contribution in [3.8, 4) is 44.5 Å². The fraction of sp³-hybridized carbons (Fsp3) is 0.0625. The Hall–Kier alpha value is -7.78. The van der Waals surface area contributed by atoms with Crippen molar-refractivity contribution in [1.29, 1.82) is 0 Å². The lowest BCUT2D eigenvalue weighted by Crippen LogP contribution is -2.28. The Labute approximate surface area is 390 Å². The first-order chi connectivity index (χ1) is 32.5. The van der Waals surface area contributed by atoms with Crippen molar-refractivity contribution in [2.75, 3.05) is 4.90 Å². The molecule has 0 atom stereocenters. The molecule has 11 aromatic rings. The highest BCUT2D eigenvalue weighted by Gasteiger charge is 2.47. The minimum atomic E-state index is -0.503. The first kappa shape index (κ1) is 38.7. The Morgan fingerprint density at radius 2 is 0.864 bits per heavy atom. The monoisotopic (exact) mass is 859 g/mol. The molecule has 10 aromatic carbocycles. The van der Waals surface area contributed by atoms with Crippen molar-refractivity contribution >= 4 is 48.6 Å². The van der Waals surface area contributed by atoms with E-state index in [1.807, 2.05) is 11.3 Å². The third kappa shape index (κ3) is 5.65. The molecule has 13 rings (SSSR count). The summed E-state index contributed by atoms with van der Waals surface area (Å²) in [5, 5.41) is 2.59. The molecule has 0 amide bonds. The molecule has 0 N–H and O–H groups in total. The van der Waals surface area contributed by atoms with Gasteiger partial charge in [0.15, 0.2) is 0 Å². The maximum atomic E-state index is 2.54. The van der Waals surface area contributed by atoms with Crippen molar-refractivity contribution in [2.24, 2.45) is 0 Å². The maximum Gasteiger partial charge on any atom is 0.0714 e. The number of benzene rings is 10. The van der Waals surface area contributed by atoms with Gasteiger partial charge in [-0.25, -0.2) is 0 Å². The minimum absolute atomic E-state index is 0.123. The number of rotatable bonds is 7. The van der Waals surface area contributed by atoms with E-state index >= 15 is 0 Å². The summed E-state index contributed by atoms with van der Waals surface area (Å²) in [7, 11) is 0. The standard InChI is InChI=1S/C64H45NS/c1-63(2)54-29-17-15-27-50(54)51-37-35-48(39-56(51)63)65(47-33-31-43(32-34-47)42-19-7-3-8-20-42)49-36-38-53-58(40-49)66-59-41-57-61(60(62(53)59)44-21-9-4-10-22-44)52-28-16-18-30-55(52)64(57,45-23-11-5-12-24-45)46-25-13-6-14-26-46/h3-41H,1-2H3. The lowest BCUT2D eigenvalue weighted by Gasteiger charge is -2.34. The van der Waals surface area contributed by atoms with Crippen LogP contribution in [0.25, 0.3) is 64.7 Å². The highest BCUT2D eigenvalue weighted by molar-refractivity contribution is 7.26. The maximum absolute atomic E-state index is 2.54. The zero-order chi connectivity index (χ0) is 44.0. The van der Waals surface area contributed by atoms with E-state index in [4.69, 9.17) is 0 Å². The van der Waals surface area contributed by atoms with Gasteiger partial charge in [-0.1, -0.05) is 208 Å². The zero-order valence-corrected chi connectivity index (χ0v) is 37.7. The van der Waals surface area contributed by atoms with Crippen LogP contribution in [0.3, 0.4) is 0 Å². The molecule has 0 radical (unpaired) electrons. The molecule has 2 aliphatic rings. The van der Waals surface area contributed by atoms with Crippen molar-refractivity contribution in [1.82, 2.24) is 0 Å². The van der Waals surface area contributed by atoms with Crippen molar-refractivity contribution in [3.05, 3.63) is 270 Å². The first-order valence-electron chi connectivity index (χ1n) is 23.0. The van der Waals surface area contributed by atoms with Crippen LogP contribution in [0.1, 0.15) is 47.2 Å². The van der Waals surface area contributed by atoms with Gasteiger partial charge in [-0.15, -0.1) is 11.3 Å². The second kappa shape index (κ2) is 14.9. The molecule has 1 aromatic heterocycles. The van der Waals surface area contributed by atoms with Gasteiger partial charge in [-0.3, -0.25) is 0 Å². The summed E-state index contributed by atoms with van der Waals surface area (Å²) in [4.78, 5) is 2.46. The van der Waals surface area contributed by atoms with E-state index in [9.17, 15) is 0 Å². The lowest BCUT2D eigenvalue weighted by molar-refractivity contribution is 0.660. The van der Waals surface area contributed by atoms with Gasteiger partial charge in [0.1, 0.15) is 0 Å². The number of nitrogens with zero attached hydrogens (tertiary/aromatic N) is 1. The minimum Gasteiger partial charge on any atom is -0.310 e. The summed E-state index contributed by atoms with van der Waals surface area (Å²) in [5.74, 6) is 0. The van der Waals surface area contributed by atoms with Gasteiger partial charge < -0.3 is 4.90 Å². The molecule has 2 heteroatoms. The van der Waals surface area contributed by atoms with E-state index in [0.717, 1.165) is 17.1 Å². The summed E-state index contributed by atoms with van der Waals surface area (Å²) in [6.07, 6.45) is 0. The van der Waals surface area contributed by atoms with Gasteiger partial charge in [0.2, 0.25) is 0 Å². The molecule has 0 aliphatic heterocycles. The third-order valence-corrected chi connectivity index (χ3v) is 15.6. The van der Waals surface area contributed by atoms with Gasteiger partial charge >= 0.3 is 0 Å². The Balaban J connectivity index is 1.06. The Morgan fingerprint density at radius 1 is 0.348 bits per heavy atom. The van der Waals surface area contributed by atoms with Crippen LogP contribution in [-0.2, 0) is 10.8 Å². The van der Waals surface area contributed by atoms with Crippen molar-refractivity contribution in [3.63, 3.8) is 0 Å². The summed E-state index contributed by atoms with van der Waals surface area (Å²) in [6, 6.07) is 88.1. The molecule has 0 spiro atoms. The van der Waals surface area contributed by atoms with Crippen LogP contribution in [0.5, 0.6) is 0 Å². The predicted molar refractivity (Wildman–Crippen MR) is 280 cm³/mol. The quantitative estimate of drug-likeness (QED) is 0.154. The normalized spacial score (nSPS) is 13.8. The van der Waals surface area contributed by atoms with Crippen molar-refractivity contribution in [2.45, 2.75) is 24.7 Å². The van der Waals surface area contributed by atoms with Gasteiger partial charge in [-0.05, 0) is 120 Å². The van der Waals surface area contributed by atoms with Crippen LogP contribution in [0.4, 0.5) is 17.1 Å². The average Bonchev–Trinajstić information content (AvgIpc) is 3.97. The van der Waals surface area contributed by atoms with E-state index in [-0.39, 0.29) is 5.41 Å². The summed E-state index contributed by atoms with van der Waals surface area (Å²) >= 11 is 1.91. The number of anilines is 3. The number of fused-ring (bicyclic) bond motifs is 9. The van der Waals surface area contributed by atoms with Crippen LogP contribution in [0, 0.1) is 0 Å². The Bertz CT molecular complexity index is 3600. The smallest absolute Gasteiger partial charge is 0.0714 e. The van der Waals surface area contributed by atoms with Gasteiger partial charge in [-0.2, -0.15) is 0 Å². The first-order valence-corrected chi connectivity index (χ1v) is 23.8.